The van der Waals surface area contributed by atoms with Gasteiger partial charge in [-0.25, -0.2) is 4.79 Å². The van der Waals surface area contributed by atoms with Gasteiger partial charge in [-0.05, 0) is 25.1 Å². The number of furan rings is 1. The third-order valence-corrected chi connectivity index (χ3v) is 5.87. The van der Waals surface area contributed by atoms with Gasteiger partial charge in [0.1, 0.15) is 11.3 Å². The van der Waals surface area contributed by atoms with E-state index in [1.807, 2.05) is 53.1 Å². The van der Waals surface area contributed by atoms with Crippen LogP contribution in [-0.2, 0) is 17.0 Å². The first-order chi connectivity index (χ1) is 15.7. The minimum atomic E-state index is -0.471. The monoisotopic (exact) mass is 449 g/mol. The Labute approximate surface area is 190 Å². The lowest BCUT2D eigenvalue weighted by molar-refractivity contribution is 0.0491. The second kappa shape index (κ2) is 9.74. The van der Waals surface area contributed by atoms with E-state index in [9.17, 15) is 4.79 Å². The van der Waals surface area contributed by atoms with Crippen molar-refractivity contribution in [3.05, 3.63) is 72.5 Å². The van der Waals surface area contributed by atoms with Crippen LogP contribution in [0.1, 0.15) is 23.0 Å². The van der Waals surface area contributed by atoms with E-state index in [2.05, 4.69) is 16.8 Å². The Morgan fingerprint density at radius 2 is 1.97 bits per heavy atom. The number of allylic oxidation sites excluding steroid dienone is 1. The third-order valence-electron chi connectivity index (χ3n) is 4.88. The van der Waals surface area contributed by atoms with E-state index >= 15 is 0 Å². The van der Waals surface area contributed by atoms with Gasteiger partial charge in [-0.3, -0.25) is 4.57 Å². The Kier molecular flexibility index (Phi) is 6.61. The van der Waals surface area contributed by atoms with Gasteiger partial charge in [-0.1, -0.05) is 48.2 Å². The van der Waals surface area contributed by atoms with Gasteiger partial charge in [-0.2, -0.15) is 0 Å². The Bertz CT molecular complexity index is 1260. The highest BCUT2D eigenvalue weighted by Crippen LogP contribution is 2.35. The summed E-state index contributed by atoms with van der Waals surface area (Å²) >= 11 is 1.47. The van der Waals surface area contributed by atoms with Gasteiger partial charge in [0.15, 0.2) is 11.0 Å². The second-order valence-corrected chi connectivity index (χ2v) is 7.76. The van der Waals surface area contributed by atoms with Gasteiger partial charge in [0.05, 0.1) is 19.3 Å². The van der Waals surface area contributed by atoms with Crippen LogP contribution in [0.2, 0.25) is 0 Å². The van der Waals surface area contributed by atoms with Crippen LogP contribution in [0.4, 0.5) is 0 Å². The van der Waals surface area contributed by atoms with E-state index in [1.54, 1.807) is 20.1 Å². The maximum absolute atomic E-state index is 12.5. The standard InChI is InChI=1S/C24H23N3O4S/c1-4-14-27-22(17-11-7-8-12-19(17)29-3)25-26-24(27)32-15-18-16-10-6-9-13-20(16)31-21(18)23(28)30-5-2/h4,6-13H,1,5,14-15H2,2-3H3. The van der Waals surface area contributed by atoms with Crippen LogP contribution >= 0.6 is 11.8 Å². The summed E-state index contributed by atoms with van der Waals surface area (Å²) in [5, 5.41) is 10.4. The van der Waals surface area contributed by atoms with Gasteiger partial charge in [0, 0.05) is 23.2 Å². The van der Waals surface area contributed by atoms with Crippen LogP contribution in [0.25, 0.3) is 22.4 Å². The molecule has 4 aromatic rings. The number of ether oxygens (including phenoxy) is 2. The van der Waals surface area contributed by atoms with Crippen molar-refractivity contribution < 1.29 is 18.7 Å². The minimum Gasteiger partial charge on any atom is -0.496 e. The van der Waals surface area contributed by atoms with Crippen molar-refractivity contribution in [1.29, 1.82) is 0 Å². The molecule has 0 N–H and O–H groups in total. The first-order valence-corrected chi connectivity index (χ1v) is 11.1. The maximum Gasteiger partial charge on any atom is 0.374 e. The molecule has 4 rings (SSSR count). The number of hydrogen-bond donors (Lipinski definition) is 0. The number of fused-ring (bicyclic) bond motifs is 1. The quantitative estimate of drug-likeness (QED) is 0.193. The van der Waals surface area contributed by atoms with Crippen LogP contribution in [0.15, 0.2) is 70.8 Å². The molecular formula is C24H23N3O4S. The fourth-order valence-corrected chi connectivity index (χ4v) is 4.43. The number of thioether (sulfide) groups is 1. The third kappa shape index (κ3) is 4.13. The highest BCUT2D eigenvalue weighted by atomic mass is 32.2. The molecule has 2 heterocycles. The summed E-state index contributed by atoms with van der Waals surface area (Å²) in [4.78, 5) is 12.5. The van der Waals surface area contributed by atoms with Crippen LogP contribution in [-0.4, -0.2) is 34.5 Å². The molecule has 0 amide bonds. The minimum absolute atomic E-state index is 0.222. The summed E-state index contributed by atoms with van der Waals surface area (Å²) in [6.07, 6.45) is 1.80. The predicted molar refractivity (Wildman–Crippen MR) is 124 cm³/mol. The second-order valence-electron chi connectivity index (χ2n) is 6.82. The number of carbonyl (C=O) groups excluding carboxylic acids is 1. The fourth-order valence-electron chi connectivity index (χ4n) is 3.46. The van der Waals surface area contributed by atoms with Gasteiger partial charge < -0.3 is 13.9 Å². The van der Waals surface area contributed by atoms with E-state index in [-0.39, 0.29) is 12.4 Å². The first kappa shape index (κ1) is 21.7. The molecule has 0 fully saturated rings. The van der Waals surface area contributed by atoms with E-state index in [0.717, 1.165) is 16.5 Å². The van der Waals surface area contributed by atoms with Crippen LogP contribution in [0.3, 0.4) is 0 Å². The van der Waals surface area contributed by atoms with Crippen molar-refractivity contribution in [2.45, 2.75) is 24.4 Å². The number of hydrogen-bond acceptors (Lipinski definition) is 7. The SMILES string of the molecule is C=CCn1c(SCc2c(C(=O)OCC)oc3ccccc23)nnc1-c1ccccc1OC. The molecular weight excluding hydrogens is 426 g/mol. The van der Waals surface area contributed by atoms with Gasteiger partial charge in [0.2, 0.25) is 5.76 Å². The number of para-hydroxylation sites is 2. The van der Waals surface area contributed by atoms with Crippen molar-refractivity contribution >= 4 is 28.7 Å². The van der Waals surface area contributed by atoms with E-state index in [4.69, 9.17) is 13.9 Å². The molecule has 0 spiro atoms. The lowest BCUT2D eigenvalue weighted by atomic mass is 10.1. The molecule has 2 aromatic heterocycles. The van der Waals surface area contributed by atoms with Crippen molar-refractivity contribution in [3.8, 4) is 17.1 Å². The number of benzene rings is 2. The number of methoxy groups -OCH3 is 1. The molecule has 0 aliphatic heterocycles. The Morgan fingerprint density at radius 1 is 1.19 bits per heavy atom. The maximum atomic E-state index is 12.5. The first-order valence-electron chi connectivity index (χ1n) is 10.2. The van der Waals surface area contributed by atoms with Gasteiger partial charge in [-0.15, -0.1) is 16.8 Å². The smallest absolute Gasteiger partial charge is 0.374 e. The van der Waals surface area contributed by atoms with Crippen LogP contribution < -0.4 is 4.74 Å². The summed E-state index contributed by atoms with van der Waals surface area (Å²) in [7, 11) is 1.63. The zero-order valence-electron chi connectivity index (χ0n) is 17.9. The van der Waals surface area contributed by atoms with E-state index in [1.165, 1.54) is 11.8 Å². The lowest BCUT2D eigenvalue weighted by Crippen LogP contribution is -2.06. The van der Waals surface area contributed by atoms with Crippen LogP contribution in [0.5, 0.6) is 5.75 Å². The summed E-state index contributed by atoms with van der Waals surface area (Å²) in [6.45, 7) is 6.44. The number of nitrogens with zero attached hydrogens (tertiary/aromatic N) is 3. The summed E-state index contributed by atoms with van der Waals surface area (Å²) in [5.74, 6) is 1.62. The zero-order chi connectivity index (χ0) is 22.5. The summed E-state index contributed by atoms with van der Waals surface area (Å²) < 4.78 is 18.5. The molecule has 8 heteroatoms. The Hall–Kier alpha value is -3.52. The van der Waals surface area contributed by atoms with Gasteiger partial charge >= 0.3 is 5.97 Å². The van der Waals surface area contributed by atoms with Gasteiger partial charge in [0.25, 0.3) is 0 Å². The largest absolute Gasteiger partial charge is 0.496 e. The number of esters is 1. The zero-order valence-corrected chi connectivity index (χ0v) is 18.7. The molecule has 0 saturated carbocycles. The highest BCUT2D eigenvalue weighted by Gasteiger charge is 2.23. The molecule has 0 saturated heterocycles. The molecule has 0 unspecified atom stereocenters. The average molecular weight is 450 g/mol. The topological polar surface area (TPSA) is 79.4 Å². The number of rotatable bonds is 9. The molecule has 0 aliphatic carbocycles. The molecule has 164 valence electrons. The molecule has 0 radical (unpaired) electrons. The highest BCUT2D eigenvalue weighted by molar-refractivity contribution is 7.98. The van der Waals surface area contributed by atoms with Crippen molar-refractivity contribution in [3.63, 3.8) is 0 Å². The Balaban J connectivity index is 1.70. The molecule has 0 bridgehead atoms. The average Bonchev–Trinajstić information content (AvgIpc) is 3.39. The summed E-state index contributed by atoms with van der Waals surface area (Å²) in [5.41, 5.74) is 2.27. The van der Waals surface area contributed by atoms with Crippen molar-refractivity contribution in [2.24, 2.45) is 0 Å². The van der Waals surface area contributed by atoms with Crippen LogP contribution in [0, 0.1) is 0 Å². The van der Waals surface area contributed by atoms with E-state index in [0.29, 0.717) is 34.6 Å². The lowest BCUT2D eigenvalue weighted by Gasteiger charge is -2.10. The molecule has 2 aromatic carbocycles. The van der Waals surface area contributed by atoms with Crippen molar-refractivity contribution in [2.75, 3.05) is 13.7 Å². The molecule has 0 atom stereocenters. The van der Waals surface area contributed by atoms with E-state index < -0.39 is 5.97 Å². The fraction of sp³-hybridized carbons (Fsp3) is 0.208. The predicted octanol–water partition coefficient (Wildman–Crippen LogP) is 5.35. The van der Waals surface area contributed by atoms with Crippen molar-refractivity contribution in [1.82, 2.24) is 14.8 Å². The number of carbonyl (C=O) groups is 1. The molecule has 7 nitrogen and oxygen atoms in total. The molecule has 0 aliphatic rings. The Morgan fingerprint density at radius 3 is 2.75 bits per heavy atom. The number of aromatic nitrogens is 3. The normalized spacial score (nSPS) is 10.9. The molecule has 32 heavy (non-hydrogen) atoms. The summed E-state index contributed by atoms with van der Waals surface area (Å²) in [6, 6.07) is 15.2.